The van der Waals surface area contributed by atoms with E-state index in [1.54, 1.807) is 49.5 Å². The first-order valence-electron chi connectivity index (χ1n) is 11.9. The number of methoxy groups -OCH3 is 1. The van der Waals surface area contributed by atoms with Crippen molar-refractivity contribution >= 4 is 11.8 Å². The highest BCUT2D eigenvalue weighted by molar-refractivity contribution is 7.98. The van der Waals surface area contributed by atoms with Crippen LogP contribution in [0.25, 0.3) is 5.69 Å². The molecule has 34 heavy (non-hydrogen) atoms. The number of thioether (sulfide) groups is 1. The molecule has 2 fully saturated rings. The Morgan fingerprint density at radius 2 is 1.88 bits per heavy atom. The zero-order chi connectivity index (χ0) is 23.5. The number of nitrogens with zero attached hydrogens (tertiary/aromatic N) is 2. The van der Waals surface area contributed by atoms with Gasteiger partial charge in [-0.25, -0.2) is 4.98 Å². The fourth-order valence-electron chi connectivity index (χ4n) is 4.16. The van der Waals surface area contributed by atoms with Gasteiger partial charge in [0.1, 0.15) is 12.9 Å². The van der Waals surface area contributed by atoms with Crippen LogP contribution in [0.3, 0.4) is 0 Å². The van der Waals surface area contributed by atoms with E-state index in [1.165, 1.54) is 34.3 Å². The lowest BCUT2D eigenvalue weighted by Gasteiger charge is -2.25. The first kappa shape index (κ1) is 23.0. The van der Waals surface area contributed by atoms with Crippen LogP contribution in [0.1, 0.15) is 49.3 Å². The first-order chi connectivity index (χ1) is 16.6. The predicted octanol–water partition coefficient (Wildman–Crippen LogP) is 4.95. The van der Waals surface area contributed by atoms with Crippen LogP contribution in [-0.4, -0.2) is 34.5 Å². The summed E-state index contributed by atoms with van der Waals surface area (Å²) in [6.07, 6.45) is 7.16. The van der Waals surface area contributed by atoms with Gasteiger partial charge in [-0.15, -0.1) is 11.8 Å². The summed E-state index contributed by atoms with van der Waals surface area (Å²) in [4.78, 5) is 18.5. The smallest absolute Gasteiger partial charge is 0.258 e. The van der Waals surface area contributed by atoms with E-state index in [9.17, 15) is 9.90 Å². The van der Waals surface area contributed by atoms with Gasteiger partial charge in [0, 0.05) is 22.8 Å². The highest BCUT2D eigenvalue weighted by atomic mass is 32.2. The van der Waals surface area contributed by atoms with Crippen LogP contribution in [0.5, 0.6) is 11.5 Å². The fourth-order valence-corrected chi connectivity index (χ4v) is 4.96. The maximum Gasteiger partial charge on any atom is 0.258 e. The standard InChI is InChI=1S/C27H30N2O4S/c1-32-26-14-22(9-12-25(26)33-15-24(30)20-5-6-20)29-17-28-21(13-27(29)31)16-34-23-10-7-19(8-11-23)18-3-2-4-18/h7-14,17-18,20,24,30H,2-6,15-16H2,1H3. The van der Waals surface area contributed by atoms with Crippen molar-refractivity contribution in [2.75, 3.05) is 13.7 Å². The van der Waals surface area contributed by atoms with E-state index < -0.39 is 6.10 Å². The normalized spacial score (nSPS) is 16.6. The minimum Gasteiger partial charge on any atom is -0.493 e. The van der Waals surface area contributed by atoms with E-state index >= 15 is 0 Å². The monoisotopic (exact) mass is 478 g/mol. The molecule has 0 amide bonds. The Hall–Kier alpha value is -2.77. The lowest BCUT2D eigenvalue weighted by atomic mass is 9.80. The third-order valence-corrected chi connectivity index (χ3v) is 7.76. The molecule has 2 aromatic carbocycles. The molecule has 3 aromatic rings. The summed E-state index contributed by atoms with van der Waals surface area (Å²) in [5.41, 5.74) is 2.68. The summed E-state index contributed by atoms with van der Waals surface area (Å²) in [6.45, 7) is 0.234. The van der Waals surface area contributed by atoms with Crippen molar-refractivity contribution in [1.82, 2.24) is 9.55 Å². The number of ether oxygens (including phenoxy) is 2. The average molecular weight is 479 g/mol. The van der Waals surface area contributed by atoms with Gasteiger partial charge in [0.15, 0.2) is 11.5 Å². The zero-order valence-electron chi connectivity index (χ0n) is 19.4. The van der Waals surface area contributed by atoms with Gasteiger partial charge in [0.25, 0.3) is 5.56 Å². The Kier molecular flexibility index (Phi) is 6.92. The predicted molar refractivity (Wildman–Crippen MR) is 133 cm³/mol. The molecule has 2 aliphatic rings. The van der Waals surface area contributed by atoms with Gasteiger partial charge in [0.2, 0.25) is 0 Å². The number of benzene rings is 2. The van der Waals surface area contributed by atoms with Crippen molar-refractivity contribution < 1.29 is 14.6 Å². The quantitative estimate of drug-likeness (QED) is 0.416. The van der Waals surface area contributed by atoms with E-state index in [1.807, 2.05) is 0 Å². The van der Waals surface area contributed by atoms with Crippen LogP contribution >= 0.6 is 11.8 Å². The summed E-state index contributed by atoms with van der Waals surface area (Å²) in [6, 6.07) is 15.7. The molecular formula is C27H30N2O4S. The van der Waals surface area contributed by atoms with E-state index in [2.05, 4.69) is 29.2 Å². The van der Waals surface area contributed by atoms with Crippen LogP contribution in [0, 0.1) is 5.92 Å². The number of hydrogen-bond acceptors (Lipinski definition) is 6. The summed E-state index contributed by atoms with van der Waals surface area (Å²) in [5, 5.41) is 10.1. The number of rotatable bonds is 10. The van der Waals surface area contributed by atoms with Gasteiger partial charge in [-0.1, -0.05) is 18.6 Å². The van der Waals surface area contributed by atoms with Gasteiger partial charge in [-0.2, -0.15) is 0 Å². The van der Waals surface area contributed by atoms with Gasteiger partial charge in [-0.3, -0.25) is 9.36 Å². The maximum atomic E-state index is 12.8. The molecule has 1 aromatic heterocycles. The van der Waals surface area contributed by atoms with Crippen LogP contribution in [0.15, 0.2) is 64.5 Å². The molecule has 5 rings (SSSR count). The van der Waals surface area contributed by atoms with Crippen LogP contribution < -0.4 is 15.0 Å². The minimum atomic E-state index is -0.456. The summed E-state index contributed by atoms with van der Waals surface area (Å²) in [7, 11) is 1.56. The Balaban J connectivity index is 1.23. The number of hydrogen-bond donors (Lipinski definition) is 1. The van der Waals surface area contributed by atoms with E-state index in [0.717, 1.165) is 24.5 Å². The molecule has 0 saturated heterocycles. The topological polar surface area (TPSA) is 73.6 Å². The second kappa shape index (κ2) is 10.2. The van der Waals surface area contributed by atoms with Crippen molar-refractivity contribution in [3.05, 3.63) is 76.5 Å². The molecule has 1 unspecified atom stereocenters. The van der Waals surface area contributed by atoms with Crippen LogP contribution in [-0.2, 0) is 5.75 Å². The van der Waals surface area contributed by atoms with Crippen molar-refractivity contribution in [3.8, 4) is 17.2 Å². The van der Waals surface area contributed by atoms with Crippen molar-refractivity contribution in [2.45, 2.75) is 54.8 Å². The Morgan fingerprint density at radius 3 is 2.53 bits per heavy atom. The molecule has 2 saturated carbocycles. The Morgan fingerprint density at radius 1 is 1.09 bits per heavy atom. The molecule has 1 N–H and O–H groups in total. The molecule has 0 radical (unpaired) electrons. The zero-order valence-corrected chi connectivity index (χ0v) is 20.2. The SMILES string of the molecule is COc1cc(-n2cnc(CSc3ccc(C4CCC4)cc3)cc2=O)ccc1OCC(O)C1CC1. The highest BCUT2D eigenvalue weighted by Gasteiger charge is 2.30. The molecule has 0 aliphatic heterocycles. The van der Waals surface area contributed by atoms with Gasteiger partial charge >= 0.3 is 0 Å². The molecule has 178 valence electrons. The number of aromatic nitrogens is 2. The molecule has 1 heterocycles. The van der Waals surface area contributed by atoms with Gasteiger partial charge in [0.05, 0.1) is 24.6 Å². The van der Waals surface area contributed by atoms with Gasteiger partial charge in [-0.05, 0) is 67.3 Å². The van der Waals surface area contributed by atoms with Gasteiger partial charge < -0.3 is 14.6 Å². The number of aliphatic hydroxyl groups excluding tert-OH is 1. The molecule has 2 aliphatic carbocycles. The largest absolute Gasteiger partial charge is 0.493 e. The molecule has 0 spiro atoms. The Bertz CT molecular complexity index is 1190. The maximum absolute atomic E-state index is 12.8. The summed E-state index contributed by atoms with van der Waals surface area (Å²) < 4.78 is 12.7. The van der Waals surface area contributed by atoms with Crippen molar-refractivity contribution in [3.63, 3.8) is 0 Å². The molecular weight excluding hydrogens is 448 g/mol. The average Bonchev–Trinajstić information content (AvgIpc) is 3.67. The van der Waals surface area contributed by atoms with Crippen molar-refractivity contribution in [2.24, 2.45) is 5.92 Å². The lowest BCUT2D eigenvalue weighted by Crippen LogP contribution is -2.20. The third kappa shape index (κ3) is 5.31. The van der Waals surface area contributed by atoms with Crippen molar-refractivity contribution in [1.29, 1.82) is 0 Å². The first-order valence-corrected chi connectivity index (χ1v) is 12.9. The van der Waals surface area contributed by atoms with E-state index in [4.69, 9.17) is 9.47 Å². The summed E-state index contributed by atoms with van der Waals surface area (Å²) >= 11 is 1.68. The Labute approximate surface area is 204 Å². The minimum absolute atomic E-state index is 0.147. The second-order valence-corrected chi connectivity index (χ2v) is 10.2. The molecule has 0 bridgehead atoms. The molecule has 1 atom stereocenters. The lowest BCUT2D eigenvalue weighted by molar-refractivity contribution is 0.0880. The van der Waals surface area contributed by atoms with Crippen LogP contribution in [0.2, 0.25) is 0 Å². The fraction of sp³-hybridized carbons (Fsp3) is 0.407. The third-order valence-electron chi connectivity index (χ3n) is 6.71. The molecule has 6 nitrogen and oxygen atoms in total. The second-order valence-electron chi connectivity index (χ2n) is 9.12. The number of aliphatic hydroxyl groups is 1. The molecule has 7 heteroatoms. The summed E-state index contributed by atoms with van der Waals surface area (Å²) in [5.74, 6) is 2.78. The van der Waals surface area contributed by atoms with E-state index in [0.29, 0.717) is 28.9 Å². The highest BCUT2D eigenvalue weighted by Crippen LogP contribution is 2.37. The van der Waals surface area contributed by atoms with Crippen LogP contribution in [0.4, 0.5) is 0 Å². The van der Waals surface area contributed by atoms with E-state index in [-0.39, 0.29) is 12.2 Å².